The average Bonchev–Trinajstić information content (AvgIpc) is 3.24. The van der Waals surface area contributed by atoms with Crippen LogP contribution in [0.1, 0.15) is 28.4 Å². The minimum absolute atomic E-state index is 0.255. The lowest BCUT2D eigenvalue weighted by atomic mass is 9.91. The number of benzene rings is 2. The number of hydrogen-bond acceptors (Lipinski definition) is 5. The molecule has 0 saturated carbocycles. The molecule has 2 aliphatic rings. The first-order valence-corrected chi connectivity index (χ1v) is 12.4. The summed E-state index contributed by atoms with van der Waals surface area (Å²) in [5, 5.41) is 3.18. The lowest BCUT2D eigenvalue weighted by molar-refractivity contribution is -0.137. The van der Waals surface area contributed by atoms with E-state index in [4.69, 9.17) is 4.99 Å². The number of piperazine rings is 1. The van der Waals surface area contributed by atoms with Crippen LogP contribution in [0.25, 0.3) is 0 Å². The summed E-state index contributed by atoms with van der Waals surface area (Å²) in [6.45, 7) is 4.98. The lowest BCUT2D eigenvalue weighted by Crippen LogP contribution is -2.51. The Kier molecular flexibility index (Phi) is 7.03. The largest absolute Gasteiger partial charge is 0.416 e. The van der Waals surface area contributed by atoms with Crippen LogP contribution in [0.4, 0.5) is 18.9 Å². The number of carbonyl (C=O) groups is 1. The number of rotatable bonds is 6. The van der Waals surface area contributed by atoms with Crippen LogP contribution in [0.15, 0.2) is 95.8 Å². The second-order valence-electron chi connectivity index (χ2n) is 9.50. The molecule has 1 fully saturated rings. The van der Waals surface area contributed by atoms with Crippen LogP contribution in [0.2, 0.25) is 0 Å². The molecule has 6 nitrogen and oxygen atoms in total. The molecular formula is C29H28F3N5O. The van der Waals surface area contributed by atoms with Gasteiger partial charge in [-0.3, -0.25) is 19.7 Å². The van der Waals surface area contributed by atoms with Crippen molar-refractivity contribution in [1.82, 2.24) is 15.2 Å². The van der Waals surface area contributed by atoms with Gasteiger partial charge >= 0.3 is 6.18 Å². The van der Waals surface area contributed by atoms with Crippen molar-refractivity contribution in [3.63, 3.8) is 0 Å². The summed E-state index contributed by atoms with van der Waals surface area (Å²) in [7, 11) is 0. The van der Waals surface area contributed by atoms with Crippen LogP contribution in [0, 0.1) is 0 Å². The van der Waals surface area contributed by atoms with Gasteiger partial charge in [-0.2, -0.15) is 13.2 Å². The topological polar surface area (TPSA) is 60.8 Å². The van der Waals surface area contributed by atoms with Gasteiger partial charge in [0.25, 0.3) is 5.91 Å². The number of anilines is 1. The molecule has 0 spiro atoms. The van der Waals surface area contributed by atoms with E-state index < -0.39 is 17.4 Å². The van der Waals surface area contributed by atoms with Crippen molar-refractivity contribution in [2.45, 2.75) is 18.8 Å². The number of hydrogen-bond donors (Lipinski definition) is 1. The summed E-state index contributed by atoms with van der Waals surface area (Å²) in [6, 6.07) is 18.5. The van der Waals surface area contributed by atoms with E-state index in [9.17, 15) is 18.0 Å². The predicted octanol–water partition coefficient (Wildman–Crippen LogP) is 4.91. The molecule has 1 atom stereocenters. The molecule has 0 aliphatic carbocycles. The van der Waals surface area contributed by atoms with E-state index in [1.165, 1.54) is 12.1 Å². The fourth-order valence-electron chi connectivity index (χ4n) is 5.02. The van der Waals surface area contributed by atoms with E-state index in [0.29, 0.717) is 44.0 Å². The first-order chi connectivity index (χ1) is 18.2. The first kappa shape index (κ1) is 25.7. The summed E-state index contributed by atoms with van der Waals surface area (Å²) in [6.07, 6.45) is 0.799. The Morgan fingerprint density at radius 2 is 1.68 bits per heavy atom. The number of amides is 1. The quantitative estimate of drug-likeness (QED) is 0.503. The van der Waals surface area contributed by atoms with Crippen LogP contribution in [0.3, 0.4) is 0 Å². The molecule has 3 aromatic rings. The van der Waals surface area contributed by atoms with Gasteiger partial charge < -0.3 is 10.2 Å². The van der Waals surface area contributed by atoms with Gasteiger partial charge in [0.05, 0.1) is 5.56 Å². The minimum Gasteiger partial charge on any atom is -0.369 e. The highest BCUT2D eigenvalue weighted by atomic mass is 19.4. The number of aliphatic imine (C=N–C) groups is 1. The summed E-state index contributed by atoms with van der Waals surface area (Å²) in [5.74, 6) is -0.255. The molecule has 5 rings (SSSR count). The Balaban J connectivity index is 1.35. The van der Waals surface area contributed by atoms with Crippen molar-refractivity contribution >= 4 is 17.3 Å². The van der Waals surface area contributed by atoms with Crippen molar-refractivity contribution in [3.8, 4) is 0 Å². The van der Waals surface area contributed by atoms with E-state index >= 15 is 0 Å². The number of carbonyl (C=O) groups excluding carboxylic acids is 1. The number of halogens is 3. The van der Waals surface area contributed by atoms with Crippen LogP contribution in [-0.2, 0) is 11.8 Å². The molecule has 1 amide bonds. The standard InChI is InChI=1S/C29H28F3N5O/c1-21-18-25(20-36-14-16-37(17-15-36)26-9-5-8-24(19-26)29(30,31)32)28(34-21,23-6-3-2-4-7-23)35-27(38)22-10-12-33-13-11-22/h2-13,18-19H,14-17,20H2,1H3,(H,35,38). The number of pyridine rings is 1. The molecular weight excluding hydrogens is 491 g/mol. The van der Waals surface area contributed by atoms with Gasteiger partial charge in [0.1, 0.15) is 0 Å². The maximum absolute atomic E-state index is 13.3. The molecule has 3 heterocycles. The molecule has 1 N–H and O–H groups in total. The monoisotopic (exact) mass is 519 g/mol. The molecule has 196 valence electrons. The van der Waals surface area contributed by atoms with Gasteiger partial charge in [-0.05, 0) is 48.9 Å². The Morgan fingerprint density at radius 1 is 0.974 bits per heavy atom. The van der Waals surface area contributed by atoms with Gasteiger partial charge in [-0.25, -0.2) is 0 Å². The summed E-state index contributed by atoms with van der Waals surface area (Å²) in [5.41, 5.74) is 1.97. The highest BCUT2D eigenvalue weighted by Crippen LogP contribution is 2.37. The number of alkyl halides is 3. The van der Waals surface area contributed by atoms with Gasteiger partial charge in [0.2, 0.25) is 0 Å². The van der Waals surface area contributed by atoms with Crippen molar-refractivity contribution < 1.29 is 18.0 Å². The van der Waals surface area contributed by atoms with E-state index in [2.05, 4.69) is 15.2 Å². The summed E-state index contributed by atoms with van der Waals surface area (Å²) >= 11 is 0. The fraction of sp³-hybridized carbons (Fsp3) is 0.276. The first-order valence-electron chi connectivity index (χ1n) is 12.4. The van der Waals surface area contributed by atoms with Crippen molar-refractivity contribution in [1.29, 1.82) is 0 Å². The van der Waals surface area contributed by atoms with Crippen LogP contribution >= 0.6 is 0 Å². The second-order valence-corrected chi connectivity index (χ2v) is 9.50. The van der Waals surface area contributed by atoms with E-state index in [1.54, 1.807) is 30.6 Å². The lowest BCUT2D eigenvalue weighted by Gasteiger charge is -2.39. The Morgan fingerprint density at radius 3 is 2.37 bits per heavy atom. The number of aromatic nitrogens is 1. The average molecular weight is 520 g/mol. The summed E-state index contributed by atoms with van der Waals surface area (Å²) < 4.78 is 39.6. The van der Waals surface area contributed by atoms with Crippen LogP contribution < -0.4 is 10.2 Å². The zero-order valence-corrected chi connectivity index (χ0v) is 20.9. The highest BCUT2D eigenvalue weighted by Gasteiger charge is 2.41. The molecule has 1 saturated heterocycles. The van der Waals surface area contributed by atoms with Crippen LogP contribution in [-0.4, -0.2) is 54.2 Å². The van der Waals surface area contributed by atoms with Gasteiger partial charge in [0.15, 0.2) is 5.66 Å². The molecule has 2 aliphatic heterocycles. The van der Waals surface area contributed by atoms with Crippen molar-refractivity contribution in [2.24, 2.45) is 4.99 Å². The third kappa shape index (κ3) is 5.33. The van der Waals surface area contributed by atoms with Crippen molar-refractivity contribution in [2.75, 3.05) is 37.6 Å². The minimum atomic E-state index is -4.37. The normalized spacial score (nSPS) is 20.2. The molecule has 2 aromatic carbocycles. The maximum Gasteiger partial charge on any atom is 0.416 e. The fourth-order valence-corrected chi connectivity index (χ4v) is 5.02. The third-order valence-electron chi connectivity index (χ3n) is 6.93. The van der Waals surface area contributed by atoms with Gasteiger partial charge in [0, 0.05) is 67.6 Å². The van der Waals surface area contributed by atoms with Crippen LogP contribution in [0.5, 0.6) is 0 Å². The molecule has 1 unspecified atom stereocenters. The SMILES string of the molecule is CC1=NC(NC(=O)c2ccncc2)(c2ccccc2)C(CN2CCN(c3cccc(C(F)(F)F)c3)CC2)=C1. The van der Waals surface area contributed by atoms with E-state index in [-0.39, 0.29) is 5.91 Å². The second kappa shape index (κ2) is 10.4. The molecule has 0 radical (unpaired) electrons. The molecule has 1 aromatic heterocycles. The zero-order chi connectivity index (χ0) is 26.8. The van der Waals surface area contributed by atoms with Gasteiger partial charge in [-0.15, -0.1) is 0 Å². The van der Waals surface area contributed by atoms with E-state index in [1.807, 2.05) is 48.2 Å². The molecule has 0 bridgehead atoms. The predicted molar refractivity (Wildman–Crippen MR) is 141 cm³/mol. The number of nitrogens with zero attached hydrogens (tertiary/aromatic N) is 4. The van der Waals surface area contributed by atoms with Crippen molar-refractivity contribution in [3.05, 3.63) is 107 Å². The number of nitrogens with one attached hydrogen (secondary N) is 1. The Labute approximate surface area is 219 Å². The highest BCUT2D eigenvalue weighted by molar-refractivity contribution is 5.99. The van der Waals surface area contributed by atoms with Gasteiger partial charge in [-0.1, -0.05) is 36.4 Å². The van der Waals surface area contributed by atoms with E-state index in [0.717, 1.165) is 22.9 Å². The zero-order valence-electron chi connectivity index (χ0n) is 20.9. The Hall–Kier alpha value is -3.98. The Bertz CT molecular complexity index is 1350. The summed E-state index contributed by atoms with van der Waals surface area (Å²) in [4.78, 5) is 26.4. The molecule has 38 heavy (non-hydrogen) atoms. The third-order valence-corrected chi connectivity index (χ3v) is 6.93. The maximum atomic E-state index is 13.3. The number of allylic oxidation sites excluding steroid dienone is 1. The molecule has 9 heteroatoms. The smallest absolute Gasteiger partial charge is 0.369 e.